The zero-order valence-electron chi connectivity index (χ0n) is 10.4. The maximum atomic E-state index is 11.8. The fourth-order valence-corrected chi connectivity index (χ4v) is 0.972. The van der Waals surface area contributed by atoms with Crippen LogP contribution in [0.2, 0.25) is 0 Å². The molecule has 0 radical (unpaired) electrons. The Hall–Kier alpha value is -1.86. The van der Waals surface area contributed by atoms with E-state index in [0.717, 1.165) is 0 Å². The smallest absolute Gasteiger partial charge is 0.408 e. The molecule has 0 aromatic carbocycles. The summed E-state index contributed by atoms with van der Waals surface area (Å²) in [5, 5.41) is 10.6. The van der Waals surface area contributed by atoms with Gasteiger partial charge >= 0.3 is 18.0 Å². The van der Waals surface area contributed by atoms with E-state index < -0.39 is 43.0 Å². The van der Waals surface area contributed by atoms with Crippen molar-refractivity contribution in [2.24, 2.45) is 0 Å². The Kier molecular flexibility index (Phi) is 6.07. The Labute approximate surface area is 103 Å². The second-order valence-corrected chi connectivity index (χ2v) is 4.37. The summed E-state index contributed by atoms with van der Waals surface area (Å²) < 4.78 is 20.6. The summed E-state index contributed by atoms with van der Waals surface area (Å²) in [6.45, 7) is 3.39. The summed E-state index contributed by atoms with van der Waals surface area (Å²) in [6, 6.07) is -1.49. The van der Waals surface area contributed by atoms with Crippen LogP contribution in [0.1, 0.15) is 27.2 Å². The molecule has 0 saturated heterocycles. The Morgan fingerprint density at radius 1 is 1.33 bits per heavy atom. The number of esters is 1. The molecule has 0 rings (SSSR count). The molecule has 0 spiro atoms. The average Bonchev–Trinajstić information content (AvgIpc) is 2.13. The molecule has 0 aliphatic heterocycles. The van der Waals surface area contributed by atoms with E-state index in [0.29, 0.717) is 0 Å². The van der Waals surface area contributed by atoms with Crippen LogP contribution < -0.4 is 5.32 Å². The van der Waals surface area contributed by atoms with E-state index in [1.165, 1.54) is 0 Å². The lowest BCUT2D eigenvalue weighted by molar-refractivity contribution is -0.153. The second kappa shape index (κ2) is 6.77. The monoisotopic (exact) mass is 265 g/mol. The Balaban J connectivity index is 4.54. The van der Waals surface area contributed by atoms with Gasteiger partial charge in [0.25, 0.3) is 0 Å². The molecule has 7 nitrogen and oxygen atoms in total. The predicted octanol–water partition coefficient (Wildman–Crippen LogP) is 0.825. The second-order valence-electron chi connectivity index (χ2n) is 4.37. The number of amides is 1. The van der Waals surface area contributed by atoms with Gasteiger partial charge in [-0.15, -0.1) is 0 Å². The SMILES string of the molecule is CC(C)(C)OC(=O)N[C@@H](CC(=O)O)C(=O)OCF. The highest BCUT2D eigenvalue weighted by molar-refractivity contribution is 5.85. The molecule has 1 amide bonds. The van der Waals surface area contributed by atoms with Gasteiger partial charge in [-0.1, -0.05) is 0 Å². The highest BCUT2D eigenvalue weighted by atomic mass is 19.1. The van der Waals surface area contributed by atoms with Crippen molar-refractivity contribution < 1.29 is 33.4 Å². The molecule has 0 aliphatic rings. The maximum absolute atomic E-state index is 11.8. The van der Waals surface area contributed by atoms with E-state index in [9.17, 15) is 18.8 Å². The Morgan fingerprint density at radius 2 is 1.89 bits per heavy atom. The molecule has 0 saturated carbocycles. The first-order valence-electron chi connectivity index (χ1n) is 5.09. The number of carbonyl (C=O) groups excluding carboxylic acids is 2. The summed E-state index contributed by atoms with van der Waals surface area (Å²) in [5.41, 5.74) is -0.804. The number of halogens is 1. The summed E-state index contributed by atoms with van der Waals surface area (Å²) in [4.78, 5) is 33.0. The predicted molar refractivity (Wildman–Crippen MR) is 57.5 cm³/mol. The average molecular weight is 265 g/mol. The summed E-state index contributed by atoms with van der Waals surface area (Å²) in [5.74, 6) is -2.52. The number of alkyl carbamates (subject to hydrolysis) is 1. The molecule has 0 bridgehead atoms. The van der Waals surface area contributed by atoms with Gasteiger partial charge in [0.15, 0.2) is 0 Å². The lowest BCUT2D eigenvalue weighted by Gasteiger charge is -2.22. The number of hydrogen-bond donors (Lipinski definition) is 2. The topological polar surface area (TPSA) is 102 Å². The summed E-state index contributed by atoms with van der Waals surface area (Å²) in [7, 11) is 0. The highest BCUT2D eigenvalue weighted by Gasteiger charge is 2.27. The van der Waals surface area contributed by atoms with Crippen molar-refractivity contribution in [2.75, 3.05) is 6.86 Å². The number of nitrogens with one attached hydrogen (secondary N) is 1. The third-order valence-electron chi connectivity index (χ3n) is 1.55. The molecule has 0 fully saturated rings. The van der Waals surface area contributed by atoms with Crippen LogP contribution in [0, 0.1) is 0 Å². The molecule has 8 heteroatoms. The van der Waals surface area contributed by atoms with Crippen LogP contribution in [0.25, 0.3) is 0 Å². The zero-order valence-corrected chi connectivity index (χ0v) is 10.4. The Bertz CT molecular complexity index is 325. The zero-order chi connectivity index (χ0) is 14.3. The Morgan fingerprint density at radius 3 is 2.28 bits per heavy atom. The minimum absolute atomic E-state index is 0.724. The van der Waals surface area contributed by atoms with Crippen molar-refractivity contribution in [1.82, 2.24) is 5.32 Å². The van der Waals surface area contributed by atoms with Crippen LogP contribution >= 0.6 is 0 Å². The van der Waals surface area contributed by atoms with Gasteiger partial charge in [0.1, 0.15) is 11.6 Å². The molecule has 0 aromatic rings. The van der Waals surface area contributed by atoms with Gasteiger partial charge in [-0.2, -0.15) is 0 Å². The number of alkyl halides is 1. The number of carboxylic acids is 1. The van der Waals surface area contributed by atoms with Crippen LogP contribution in [-0.4, -0.2) is 41.6 Å². The minimum atomic E-state index is -1.49. The molecule has 18 heavy (non-hydrogen) atoms. The molecule has 0 aromatic heterocycles. The fourth-order valence-electron chi connectivity index (χ4n) is 0.972. The van der Waals surface area contributed by atoms with Gasteiger partial charge < -0.3 is 19.9 Å². The molecule has 0 heterocycles. The molecule has 0 aliphatic carbocycles. The quantitative estimate of drug-likeness (QED) is 0.714. The van der Waals surface area contributed by atoms with Gasteiger partial charge in [-0.3, -0.25) is 4.79 Å². The van der Waals surface area contributed by atoms with Crippen LogP contribution in [0.4, 0.5) is 9.18 Å². The van der Waals surface area contributed by atoms with E-state index in [-0.39, 0.29) is 0 Å². The van der Waals surface area contributed by atoms with Gasteiger partial charge in [0, 0.05) is 0 Å². The molecular weight excluding hydrogens is 249 g/mol. The normalized spacial score (nSPS) is 12.4. The standard InChI is InChI=1S/C10H16FNO6/c1-10(2,3)18-9(16)12-6(4-7(13)14)8(15)17-5-11/h6H,4-5H2,1-3H3,(H,12,16)(H,13,14)/t6-/m0/s1. The van der Waals surface area contributed by atoms with Gasteiger partial charge in [-0.25, -0.2) is 14.0 Å². The molecule has 2 N–H and O–H groups in total. The molecular formula is C10H16FNO6. The van der Waals surface area contributed by atoms with E-state index in [1.54, 1.807) is 20.8 Å². The van der Waals surface area contributed by atoms with Gasteiger partial charge in [-0.05, 0) is 20.8 Å². The van der Waals surface area contributed by atoms with Gasteiger partial charge in [0.05, 0.1) is 6.42 Å². The minimum Gasteiger partial charge on any atom is -0.481 e. The van der Waals surface area contributed by atoms with Crippen molar-refractivity contribution in [3.63, 3.8) is 0 Å². The lowest BCUT2D eigenvalue weighted by Crippen LogP contribution is -2.45. The van der Waals surface area contributed by atoms with Crippen LogP contribution in [0.15, 0.2) is 0 Å². The first-order valence-corrected chi connectivity index (χ1v) is 5.09. The van der Waals surface area contributed by atoms with E-state index in [4.69, 9.17) is 9.84 Å². The number of ether oxygens (including phenoxy) is 2. The van der Waals surface area contributed by atoms with Crippen LogP contribution in [0.5, 0.6) is 0 Å². The van der Waals surface area contributed by atoms with Crippen molar-refractivity contribution in [1.29, 1.82) is 0 Å². The van der Waals surface area contributed by atoms with Crippen molar-refractivity contribution in [2.45, 2.75) is 38.8 Å². The van der Waals surface area contributed by atoms with Crippen LogP contribution in [-0.2, 0) is 19.1 Å². The largest absolute Gasteiger partial charge is 0.481 e. The number of hydrogen-bond acceptors (Lipinski definition) is 5. The number of carbonyl (C=O) groups is 3. The highest BCUT2D eigenvalue weighted by Crippen LogP contribution is 2.07. The van der Waals surface area contributed by atoms with Gasteiger partial charge in [0.2, 0.25) is 6.86 Å². The fraction of sp³-hybridized carbons (Fsp3) is 0.700. The third kappa shape index (κ3) is 7.42. The number of carboxylic acid groups (broad SMARTS) is 1. The third-order valence-corrected chi connectivity index (χ3v) is 1.55. The molecule has 104 valence electrons. The van der Waals surface area contributed by atoms with E-state index >= 15 is 0 Å². The van der Waals surface area contributed by atoms with E-state index in [2.05, 4.69) is 4.74 Å². The molecule has 1 atom stereocenters. The summed E-state index contributed by atoms with van der Waals surface area (Å²) >= 11 is 0. The number of aliphatic carboxylic acids is 1. The lowest BCUT2D eigenvalue weighted by atomic mass is 10.2. The first kappa shape index (κ1) is 16.1. The van der Waals surface area contributed by atoms with Crippen LogP contribution in [0.3, 0.4) is 0 Å². The summed E-state index contributed by atoms with van der Waals surface area (Å²) in [6.07, 6.45) is -1.71. The first-order chi connectivity index (χ1) is 8.15. The van der Waals surface area contributed by atoms with E-state index in [1.807, 2.05) is 5.32 Å². The van der Waals surface area contributed by atoms with Crippen molar-refractivity contribution in [3.8, 4) is 0 Å². The molecule has 0 unspecified atom stereocenters. The maximum Gasteiger partial charge on any atom is 0.408 e. The van der Waals surface area contributed by atoms with Crippen molar-refractivity contribution in [3.05, 3.63) is 0 Å². The van der Waals surface area contributed by atoms with Crippen molar-refractivity contribution >= 4 is 18.0 Å². The number of rotatable bonds is 5.